The first-order valence-corrected chi connectivity index (χ1v) is 6.79. The van der Waals surface area contributed by atoms with E-state index in [2.05, 4.69) is 10.6 Å². The highest BCUT2D eigenvalue weighted by molar-refractivity contribution is 5.77. The van der Waals surface area contributed by atoms with Crippen LogP contribution in [0.1, 0.15) is 44.9 Å². The third-order valence-corrected chi connectivity index (χ3v) is 4.14. The Kier molecular flexibility index (Phi) is 4.40. The molecule has 1 saturated heterocycles. The highest BCUT2D eigenvalue weighted by Crippen LogP contribution is 2.37. The van der Waals surface area contributed by atoms with Crippen molar-refractivity contribution in [2.75, 3.05) is 20.2 Å². The standard InChI is InChI=1S/C13H24N2O2/c1-17-13(6-4-7-13)9-12(16)15-10-11-5-2-3-8-14-11/h11,14H,2-10H2,1H3,(H,15,16). The lowest BCUT2D eigenvalue weighted by atomic mass is 9.77. The molecule has 0 bridgehead atoms. The highest BCUT2D eigenvalue weighted by Gasteiger charge is 2.38. The fourth-order valence-electron chi connectivity index (χ4n) is 2.71. The molecule has 1 unspecified atom stereocenters. The van der Waals surface area contributed by atoms with Crippen LogP contribution < -0.4 is 10.6 Å². The average Bonchev–Trinajstić information content (AvgIpc) is 2.33. The van der Waals surface area contributed by atoms with E-state index in [1.54, 1.807) is 7.11 Å². The van der Waals surface area contributed by atoms with Crippen molar-refractivity contribution >= 4 is 5.91 Å². The molecule has 4 heteroatoms. The number of hydrogen-bond acceptors (Lipinski definition) is 3. The molecule has 17 heavy (non-hydrogen) atoms. The predicted molar refractivity (Wildman–Crippen MR) is 66.9 cm³/mol. The smallest absolute Gasteiger partial charge is 0.222 e. The van der Waals surface area contributed by atoms with Gasteiger partial charge in [0.2, 0.25) is 5.91 Å². The van der Waals surface area contributed by atoms with Crippen molar-refractivity contribution in [3.63, 3.8) is 0 Å². The highest BCUT2D eigenvalue weighted by atomic mass is 16.5. The number of hydrogen-bond donors (Lipinski definition) is 2. The van der Waals surface area contributed by atoms with E-state index in [-0.39, 0.29) is 11.5 Å². The normalized spacial score (nSPS) is 27.2. The second-order valence-electron chi connectivity index (χ2n) is 5.37. The minimum atomic E-state index is -0.149. The Bertz CT molecular complexity index is 253. The zero-order valence-electron chi connectivity index (χ0n) is 10.8. The van der Waals surface area contributed by atoms with Gasteiger partial charge in [0, 0.05) is 19.7 Å². The van der Waals surface area contributed by atoms with Gasteiger partial charge in [0.25, 0.3) is 0 Å². The molecule has 2 fully saturated rings. The maximum absolute atomic E-state index is 11.8. The van der Waals surface area contributed by atoms with Crippen LogP contribution in [0.2, 0.25) is 0 Å². The molecule has 0 radical (unpaired) electrons. The number of piperidine rings is 1. The predicted octanol–water partition coefficient (Wildman–Crippen LogP) is 1.20. The number of ether oxygens (including phenoxy) is 1. The largest absolute Gasteiger partial charge is 0.378 e. The summed E-state index contributed by atoms with van der Waals surface area (Å²) in [5.41, 5.74) is -0.149. The van der Waals surface area contributed by atoms with Gasteiger partial charge in [0.1, 0.15) is 0 Å². The first kappa shape index (κ1) is 12.8. The van der Waals surface area contributed by atoms with Crippen LogP contribution in [0.25, 0.3) is 0 Å². The summed E-state index contributed by atoms with van der Waals surface area (Å²) in [6, 6.07) is 0.465. The Morgan fingerprint density at radius 3 is 2.76 bits per heavy atom. The van der Waals surface area contributed by atoms with Gasteiger partial charge in [-0.2, -0.15) is 0 Å². The molecule has 2 aliphatic rings. The Morgan fingerprint density at radius 1 is 1.41 bits per heavy atom. The number of nitrogens with one attached hydrogen (secondary N) is 2. The molecule has 0 aromatic heterocycles. The minimum Gasteiger partial charge on any atom is -0.378 e. The second-order valence-corrected chi connectivity index (χ2v) is 5.37. The minimum absolute atomic E-state index is 0.138. The van der Waals surface area contributed by atoms with Crippen molar-refractivity contribution in [2.24, 2.45) is 0 Å². The first-order chi connectivity index (χ1) is 8.24. The molecule has 2 rings (SSSR count). The Labute approximate surface area is 103 Å². The van der Waals surface area contributed by atoms with Crippen molar-refractivity contribution in [2.45, 2.75) is 56.6 Å². The van der Waals surface area contributed by atoms with Gasteiger partial charge in [-0.25, -0.2) is 0 Å². The topological polar surface area (TPSA) is 50.4 Å². The van der Waals surface area contributed by atoms with Crippen LogP contribution in [0.4, 0.5) is 0 Å². The summed E-state index contributed by atoms with van der Waals surface area (Å²) < 4.78 is 5.46. The number of amides is 1. The molecule has 1 aliphatic heterocycles. The fourth-order valence-corrected chi connectivity index (χ4v) is 2.71. The monoisotopic (exact) mass is 240 g/mol. The fraction of sp³-hybridized carbons (Fsp3) is 0.923. The van der Waals surface area contributed by atoms with E-state index in [0.29, 0.717) is 12.5 Å². The molecule has 0 spiro atoms. The zero-order valence-corrected chi connectivity index (χ0v) is 10.8. The van der Waals surface area contributed by atoms with Crippen LogP contribution >= 0.6 is 0 Å². The molecule has 2 N–H and O–H groups in total. The summed E-state index contributed by atoms with van der Waals surface area (Å²) in [7, 11) is 1.72. The molecule has 1 atom stereocenters. The molecule has 98 valence electrons. The summed E-state index contributed by atoms with van der Waals surface area (Å²) in [5, 5.41) is 6.46. The van der Waals surface area contributed by atoms with E-state index in [0.717, 1.165) is 25.9 Å². The van der Waals surface area contributed by atoms with Crippen LogP contribution in [-0.4, -0.2) is 37.7 Å². The van der Waals surface area contributed by atoms with Crippen LogP contribution in [0.3, 0.4) is 0 Å². The van der Waals surface area contributed by atoms with Crippen molar-refractivity contribution in [3.05, 3.63) is 0 Å². The van der Waals surface area contributed by atoms with Crippen LogP contribution in [0.5, 0.6) is 0 Å². The lowest BCUT2D eigenvalue weighted by Gasteiger charge is -2.40. The van der Waals surface area contributed by atoms with Gasteiger partial charge in [-0.1, -0.05) is 6.42 Å². The molecule has 4 nitrogen and oxygen atoms in total. The third kappa shape index (κ3) is 3.42. The SMILES string of the molecule is COC1(CC(=O)NCC2CCCCN2)CCC1. The molecule has 1 amide bonds. The van der Waals surface area contributed by atoms with Crippen LogP contribution in [-0.2, 0) is 9.53 Å². The Hall–Kier alpha value is -0.610. The van der Waals surface area contributed by atoms with Gasteiger partial charge < -0.3 is 15.4 Å². The Morgan fingerprint density at radius 2 is 2.24 bits per heavy atom. The maximum atomic E-state index is 11.8. The van der Waals surface area contributed by atoms with Crippen molar-refractivity contribution < 1.29 is 9.53 Å². The van der Waals surface area contributed by atoms with Crippen molar-refractivity contribution in [1.82, 2.24) is 10.6 Å². The molecule has 1 heterocycles. The van der Waals surface area contributed by atoms with E-state index in [9.17, 15) is 4.79 Å². The first-order valence-electron chi connectivity index (χ1n) is 6.79. The number of carbonyl (C=O) groups excluding carboxylic acids is 1. The number of methoxy groups -OCH3 is 1. The van der Waals surface area contributed by atoms with Gasteiger partial charge >= 0.3 is 0 Å². The van der Waals surface area contributed by atoms with Crippen molar-refractivity contribution in [3.8, 4) is 0 Å². The van der Waals surface area contributed by atoms with Gasteiger partial charge in [0.05, 0.1) is 12.0 Å². The average molecular weight is 240 g/mol. The number of rotatable bonds is 5. The summed E-state index contributed by atoms with van der Waals surface area (Å²) >= 11 is 0. The molecule has 0 aromatic carbocycles. The molecular formula is C13H24N2O2. The maximum Gasteiger partial charge on any atom is 0.222 e. The lowest BCUT2D eigenvalue weighted by Crippen LogP contribution is -2.47. The summed E-state index contributed by atoms with van der Waals surface area (Å²) in [4.78, 5) is 11.8. The van der Waals surface area contributed by atoms with Crippen LogP contribution in [0, 0.1) is 0 Å². The van der Waals surface area contributed by atoms with E-state index in [1.807, 2.05) is 0 Å². The van der Waals surface area contributed by atoms with Gasteiger partial charge in [-0.05, 0) is 38.6 Å². The van der Waals surface area contributed by atoms with Gasteiger partial charge in [-0.3, -0.25) is 4.79 Å². The Balaban J connectivity index is 1.66. The second kappa shape index (κ2) is 5.83. The number of carbonyl (C=O) groups is 1. The summed E-state index contributed by atoms with van der Waals surface area (Å²) in [6.07, 6.45) is 7.47. The lowest BCUT2D eigenvalue weighted by molar-refractivity contribution is -0.134. The molecular weight excluding hydrogens is 216 g/mol. The summed E-state index contributed by atoms with van der Waals surface area (Å²) in [6.45, 7) is 1.85. The van der Waals surface area contributed by atoms with E-state index < -0.39 is 0 Å². The zero-order chi connectivity index (χ0) is 12.1. The van der Waals surface area contributed by atoms with Gasteiger partial charge in [0.15, 0.2) is 0 Å². The molecule has 0 aromatic rings. The quantitative estimate of drug-likeness (QED) is 0.759. The third-order valence-electron chi connectivity index (χ3n) is 4.14. The van der Waals surface area contributed by atoms with Gasteiger partial charge in [-0.15, -0.1) is 0 Å². The molecule has 1 saturated carbocycles. The van der Waals surface area contributed by atoms with Crippen molar-refractivity contribution in [1.29, 1.82) is 0 Å². The van der Waals surface area contributed by atoms with Crippen LogP contribution in [0.15, 0.2) is 0 Å². The molecule has 1 aliphatic carbocycles. The van der Waals surface area contributed by atoms with E-state index in [1.165, 1.54) is 25.7 Å². The van der Waals surface area contributed by atoms with E-state index in [4.69, 9.17) is 4.74 Å². The van der Waals surface area contributed by atoms with E-state index >= 15 is 0 Å². The summed E-state index contributed by atoms with van der Waals surface area (Å²) in [5.74, 6) is 0.138.